The number of aromatic nitrogens is 2. The second-order valence-electron chi connectivity index (χ2n) is 4.85. The van der Waals surface area contributed by atoms with Crippen LogP contribution in [-0.2, 0) is 17.1 Å². The van der Waals surface area contributed by atoms with Gasteiger partial charge in [-0.3, -0.25) is 4.68 Å². The average molecular weight is 271 g/mol. The lowest BCUT2D eigenvalue weighted by Gasteiger charge is -2.32. The molecule has 2 rings (SSSR count). The minimum atomic E-state index is -3.38. The van der Waals surface area contributed by atoms with Crippen molar-refractivity contribution in [1.82, 2.24) is 14.1 Å². The van der Waals surface area contributed by atoms with Crippen molar-refractivity contribution in [3.8, 4) is 0 Å². The molecule has 1 aliphatic rings. The fourth-order valence-corrected chi connectivity index (χ4v) is 4.34. The van der Waals surface area contributed by atoms with E-state index in [1.54, 1.807) is 17.5 Å². The molecule has 18 heavy (non-hydrogen) atoms. The van der Waals surface area contributed by atoms with E-state index in [2.05, 4.69) is 5.10 Å². The van der Waals surface area contributed by atoms with Crippen LogP contribution in [0.2, 0.25) is 0 Å². The summed E-state index contributed by atoms with van der Waals surface area (Å²) in [5.41, 5.74) is 0. The second kappa shape index (κ2) is 5.40. The van der Waals surface area contributed by atoms with Gasteiger partial charge >= 0.3 is 0 Å². The number of sulfonamides is 1. The van der Waals surface area contributed by atoms with Crippen LogP contribution in [0, 0.1) is 0 Å². The van der Waals surface area contributed by atoms with Crippen molar-refractivity contribution >= 4 is 10.0 Å². The van der Waals surface area contributed by atoms with Gasteiger partial charge in [-0.15, -0.1) is 0 Å². The monoisotopic (exact) mass is 271 g/mol. The fourth-order valence-electron chi connectivity index (χ4n) is 2.66. The van der Waals surface area contributed by atoms with Crippen LogP contribution in [0.25, 0.3) is 0 Å². The Morgan fingerprint density at radius 2 is 2.06 bits per heavy atom. The zero-order valence-corrected chi connectivity index (χ0v) is 11.9. The van der Waals surface area contributed by atoms with Gasteiger partial charge in [-0.1, -0.05) is 26.2 Å². The van der Waals surface area contributed by atoms with E-state index in [9.17, 15) is 8.42 Å². The Morgan fingerprint density at radius 1 is 1.39 bits per heavy atom. The Morgan fingerprint density at radius 3 is 2.56 bits per heavy atom. The van der Waals surface area contributed by atoms with Gasteiger partial charge in [0.2, 0.25) is 10.0 Å². The van der Waals surface area contributed by atoms with Crippen molar-refractivity contribution in [2.45, 2.75) is 50.0 Å². The van der Waals surface area contributed by atoms with Crippen LogP contribution in [0.1, 0.15) is 39.0 Å². The van der Waals surface area contributed by atoms with E-state index in [4.69, 9.17) is 0 Å². The zero-order valence-electron chi connectivity index (χ0n) is 11.0. The highest BCUT2D eigenvalue weighted by Gasteiger charge is 2.31. The molecule has 0 aromatic carbocycles. The van der Waals surface area contributed by atoms with Gasteiger partial charge in [-0.25, -0.2) is 8.42 Å². The van der Waals surface area contributed by atoms with Gasteiger partial charge in [0.25, 0.3) is 0 Å². The summed E-state index contributed by atoms with van der Waals surface area (Å²) in [5.74, 6) is 0. The summed E-state index contributed by atoms with van der Waals surface area (Å²) in [7, 11) is -1.65. The minimum absolute atomic E-state index is 0.161. The molecule has 1 saturated carbocycles. The predicted octanol–water partition coefficient (Wildman–Crippen LogP) is 1.76. The van der Waals surface area contributed by atoms with Crippen molar-refractivity contribution in [1.29, 1.82) is 0 Å². The summed E-state index contributed by atoms with van der Waals surface area (Å²) < 4.78 is 28.3. The Labute approximate surface area is 109 Å². The maximum Gasteiger partial charge on any atom is 0.246 e. The summed E-state index contributed by atoms with van der Waals surface area (Å²) in [5, 5.41) is 3.96. The van der Waals surface area contributed by atoms with Gasteiger partial charge in [0.15, 0.2) is 0 Å². The smallest absolute Gasteiger partial charge is 0.246 e. The van der Waals surface area contributed by atoms with E-state index in [-0.39, 0.29) is 6.04 Å². The molecule has 0 bridgehead atoms. The fraction of sp³-hybridized carbons (Fsp3) is 0.750. The zero-order chi connectivity index (χ0) is 13.2. The molecule has 1 aromatic heterocycles. The first-order valence-electron chi connectivity index (χ1n) is 6.56. The molecule has 0 N–H and O–H groups in total. The van der Waals surface area contributed by atoms with E-state index in [0.29, 0.717) is 11.4 Å². The van der Waals surface area contributed by atoms with Gasteiger partial charge in [0.1, 0.15) is 4.90 Å². The van der Waals surface area contributed by atoms with Crippen molar-refractivity contribution in [3.63, 3.8) is 0 Å². The van der Waals surface area contributed by atoms with E-state index in [1.807, 2.05) is 6.92 Å². The third kappa shape index (κ3) is 2.59. The minimum Gasteiger partial charge on any atom is -0.274 e. The van der Waals surface area contributed by atoms with Gasteiger partial charge in [-0.2, -0.15) is 9.40 Å². The lowest BCUT2D eigenvalue weighted by molar-refractivity contribution is 0.261. The topological polar surface area (TPSA) is 55.2 Å². The van der Waals surface area contributed by atoms with Crippen LogP contribution in [0.15, 0.2) is 17.3 Å². The molecule has 1 aliphatic carbocycles. The highest BCUT2D eigenvalue weighted by molar-refractivity contribution is 7.89. The maximum absolute atomic E-state index is 12.5. The first kappa shape index (κ1) is 13.5. The number of hydrogen-bond donors (Lipinski definition) is 0. The van der Waals surface area contributed by atoms with Crippen LogP contribution in [-0.4, -0.2) is 35.1 Å². The summed E-state index contributed by atoms with van der Waals surface area (Å²) in [4.78, 5) is 0.303. The van der Waals surface area contributed by atoms with Crippen LogP contribution >= 0.6 is 0 Å². The maximum atomic E-state index is 12.5. The Kier molecular flexibility index (Phi) is 4.07. The van der Waals surface area contributed by atoms with Crippen LogP contribution < -0.4 is 0 Å². The molecule has 0 amide bonds. The number of nitrogens with zero attached hydrogens (tertiary/aromatic N) is 3. The molecule has 0 aliphatic heterocycles. The van der Waals surface area contributed by atoms with E-state index in [0.717, 1.165) is 25.7 Å². The molecule has 0 radical (unpaired) electrons. The Bertz CT molecular complexity index is 489. The lowest BCUT2D eigenvalue weighted by atomic mass is 9.95. The van der Waals surface area contributed by atoms with Gasteiger partial charge in [-0.05, 0) is 12.8 Å². The molecule has 6 heteroatoms. The van der Waals surface area contributed by atoms with E-state index in [1.165, 1.54) is 17.3 Å². The molecule has 1 heterocycles. The van der Waals surface area contributed by atoms with E-state index < -0.39 is 10.0 Å². The molecule has 1 aromatic rings. The first-order valence-corrected chi connectivity index (χ1v) is 8.00. The molecule has 0 spiro atoms. The van der Waals surface area contributed by atoms with Crippen molar-refractivity contribution in [2.75, 3.05) is 6.54 Å². The predicted molar refractivity (Wildman–Crippen MR) is 69.6 cm³/mol. The Balaban J connectivity index is 2.25. The average Bonchev–Trinajstić information content (AvgIpc) is 2.78. The summed E-state index contributed by atoms with van der Waals surface area (Å²) in [6, 6.07) is 0.161. The van der Waals surface area contributed by atoms with Crippen molar-refractivity contribution in [3.05, 3.63) is 12.4 Å². The quantitative estimate of drug-likeness (QED) is 0.838. The second-order valence-corrected chi connectivity index (χ2v) is 6.74. The third-order valence-electron chi connectivity index (χ3n) is 3.58. The largest absolute Gasteiger partial charge is 0.274 e. The SMILES string of the molecule is CCN(C1CCCCC1)S(=O)(=O)c1cnn(C)c1. The van der Waals surface area contributed by atoms with Gasteiger partial charge in [0, 0.05) is 25.8 Å². The summed E-state index contributed by atoms with van der Waals surface area (Å²) in [6.45, 7) is 2.43. The van der Waals surface area contributed by atoms with Crippen molar-refractivity contribution in [2.24, 2.45) is 7.05 Å². The van der Waals surface area contributed by atoms with Crippen LogP contribution in [0.4, 0.5) is 0 Å². The summed E-state index contributed by atoms with van der Waals surface area (Å²) >= 11 is 0. The molecular formula is C12H21N3O2S. The number of aryl methyl sites for hydroxylation is 1. The highest BCUT2D eigenvalue weighted by atomic mass is 32.2. The molecule has 0 atom stereocenters. The molecular weight excluding hydrogens is 250 g/mol. The molecule has 102 valence electrons. The third-order valence-corrected chi connectivity index (χ3v) is 5.56. The molecule has 0 saturated heterocycles. The van der Waals surface area contributed by atoms with Crippen LogP contribution in [0.5, 0.6) is 0 Å². The standard InChI is InChI=1S/C12H21N3O2S/c1-3-15(11-7-5-4-6-8-11)18(16,17)12-9-13-14(2)10-12/h9-11H,3-8H2,1-2H3. The number of rotatable bonds is 4. The highest BCUT2D eigenvalue weighted by Crippen LogP contribution is 2.27. The summed E-state index contributed by atoms with van der Waals surface area (Å²) in [6.07, 6.45) is 8.44. The van der Waals surface area contributed by atoms with Gasteiger partial charge in [0.05, 0.1) is 6.20 Å². The molecule has 1 fully saturated rings. The first-order chi connectivity index (χ1) is 8.55. The lowest BCUT2D eigenvalue weighted by Crippen LogP contribution is -2.41. The van der Waals surface area contributed by atoms with Crippen molar-refractivity contribution < 1.29 is 8.42 Å². The normalized spacial score (nSPS) is 18.4. The molecule has 5 nitrogen and oxygen atoms in total. The van der Waals surface area contributed by atoms with Crippen LogP contribution in [0.3, 0.4) is 0 Å². The molecule has 0 unspecified atom stereocenters. The number of hydrogen-bond acceptors (Lipinski definition) is 3. The van der Waals surface area contributed by atoms with Gasteiger partial charge < -0.3 is 0 Å². The Hall–Kier alpha value is -0.880. The van der Waals surface area contributed by atoms with E-state index >= 15 is 0 Å².